The van der Waals surface area contributed by atoms with Crippen LogP contribution >= 0.6 is 34.8 Å². The Balaban J connectivity index is 1.37. The Morgan fingerprint density at radius 2 is 1.63 bits per heavy atom. The number of rotatable bonds is 14. The van der Waals surface area contributed by atoms with Crippen LogP contribution in [0.1, 0.15) is 18.4 Å². The Morgan fingerprint density at radius 1 is 0.957 bits per heavy atom. The highest BCUT2D eigenvalue weighted by molar-refractivity contribution is 6.76. The summed E-state index contributed by atoms with van der Waals surface area (Å²) in [7, 11) is 1.67. The van der Waals surface area contributed by atoms with Crippen molar-refractivity contribution in [3.05, 3.63) is 65.7 Å². The second kappa shape index (κ2) is 16.7. The van der Waals surface area contributed by atoms with Gasteiger partial charge in [-0.2, -0.15) is 0 Å². The molecule has 1 amide bonds. The number of methoxy groups -OCH3 is 1. The molecule has 0 saturated carbocycles. The number of nitrogens with one attached hydrogen (secondary N) is 1. The van der Waals surface area contributed by atoms with Gasteiger partial charge in [0.2, 0.25) is 0 Å². The Morgan fingerprint density at radius 3 is 2.28 bits per heavy atom. The van der Waals surface area contributed by atoms with Crippen LogP contribution in [-0.4, -0.2) is 118 Å². The Hall–Kier alpha value is -2.24. The van der Waals surface area contributed by atoms with E-state index in [0.29, 0.717) is 31.7 Å². The van der Waals surface area contributed by atoms with E-state index in [1.165, 1.54) is 5.57 Å². The summed E-state index contributed by atoms with van der Waals surface area (Å²) < 4.78 is 21.0. The molecule has 1 N–H and O–H groups in total. The summed E-state index contributed by atoms with van der Waals surface area (Å²) in [6.07, 6.45) is 4.29. The number of morpholine rings is 2. The van der Waals surface area contributed by atoms with E-state index in [2.05, 4.69) is 50.4 Å². The number of amides is 1. The molecule has 2 fully saturated rings. The summed E-state index contributed by atoms with van der Waals surface area (Å²) in [4.78, 5) is 20.1. The molecule has 2 heterocycles. The van der Waals surface area contributed by atoms with Gasteiger partial charge in [0.25, 0.3) is 9.70 Å². The quantitative estimate of drug-likeness (QED) is 0.225. The van der Waals surface area contributed by atoms with Crippen molar-refractivity contribution in [1.82, 2.24) is 15.1 Å². The first kappa shape index (κ1) is 35.1. The maximum Gasteiger partial charge on any atom is 0.272 e. The second-order valence-electron chi connectivity index (χ2n) is 12.1. The van der Waals surface area contributed by atoms with Gasteiger partial charge in [-0.15, -0.1) is 0 Å². The van der Waals surface area contributed by atoms with Crippen molar-refractivity contribution >= 4 is 46.4 Å². The Bertz CT molecular complexity index is 1300. The predicted octanol–water partition coefficient (Wildman–Crippen LogP) is 4.73. The maximum atomic E-state index is 12.9. The number of alkyl halides is 3. The van der Waals surface area contributed by atoms with E-state index in [9.17, 15) is 4.79 Å². The molecule has 0 radical (unpaired) electrons. The summed E-state index contributed by atoms with van der Waals surface area (Å²) in [5.74, 6) is 0.803. The highest BCUT2D eigenvalue weighted by Crippen LogP contribution is 2.37. The summed E-state index contributed by atoms with van der Waals surface area (Å²) in [5, 5.41) is 3.08. The molecule has 3 aliphatic rings. The van der Waals surface area contributed by atoms with Gasteiger partial charge < -0.3 is 29.2 Å². The second-order valence-corrected chi connectivity index (χ2v) is 14.4. The molecule has 12 heteroatoms. The highest BCUT2D eigenvalue weighted by Gasteiger charge is 2.40. The van der Waals surface area contributed by atoms with E-state index in [1.54, 1.807) is 7.11 Å². The van der Waals surface area contributed by atoms with Crippen LogP contribution in [0.2, 0.25) is 0 Å². The molecule has 2 aromatic carbocycles. The van der Waals surface area contributed by atoms with E-state index >= 15 is 0 Å². The minimum absolute atomic E-state index is 0.559. The van der Waals surface area contributed by atoms with Crippen LogP contribution in [0.15, 0.2) is 60.2 Å². The topological polar surface area (TPSA) is 75.7 Å². The van der Waals surface area contributed by atoms with Gasteiger partial charge in [0.1, 0.15) is 6.61 Å². The number of anilines is 1. The number of nitrogens with zero attached hydrogens (tertiary/aromatic N) is 3. The van der Waals surface area contributed by atoms with Crippen LogP contribution in [0.25, 0.3) is 0 Å². The van der Waals surface area contributed by atoms with Gasteiger partial charge in [0.05, 0.1) is 39.1 Å². The Kier molecular flexibility index (Phi) is 12.8. The van der Waals surface area contributed by atoms with Crippen LogP contribution < -0.4 is 19.7 Å². The molecule has 0 bridgehead atoms. The fourth-order valence-electron chi connectivity index (χ4n) is 6.30. The fourth-order valence-corrected chi connectivity index (χ4v) is 6.44. The molecule has 1 atom stereocenters. The van der Waals surface area contributed by atoms with Gasteiger partial charge in [-0.3, -0.25) is 14.6 Å². The average Bonchev–Trinajstić information content (AvgIpc) is 3.45. The summed E-state index contributed by atoms with van der Waals surface area (Å²) >= 11 is 18.0. The van der Waals surface area contributed by atoms with Crippen LogP contribution in [0.3, 0.4) is 0 Å². The van der Waals surface area contributed by atoms with E-state index in [-0.39, 0.29) is 0 Å². The van der Waals surface area contributed by atoms with Crippen molar-refractivity contribution in [1.29, 1.82) is 0 Å². The summed E-state index contributed by atoms with van der Waals surface area (Å²) in [6, 6.07) is 16.2. The molecular weight excluding hydrogens is 651 g/mol. The van der Waals surface area contributed by atoms with Gasteiger partial charge in [-0.25, -0.2) is 0 Å². The van der Waals surface area contributed by atoms with Gasteiger partial charge in [-0.05, 0) is 37.0 Å². The van der Waals surface area contributed by atoms with Crippen molar-refractivity contribution in [3.63, 3.8) is 0 Å². The zero-order valence-electron chi connectivity index (χ0n) is 26.5. The van der Waals surface area contributed by atoms with Gasteiger partial charge in [0, 0.05) is 64.1 Å². The number of carbonyl (C=O) groups excluding carboxylic acids is 1. The van der Waals surface area contributed by atoms with Gasteiger partial charge in [-0.1, -0.05) is 76.8 Å². The molecule has 46 heavy (non-hydrogen) atoms. The number of ether oxygens (including phenoxy) is 4. The minimum Gasteiger partial charge on any atom is -0.493 e. The van der Waals surface area contributed by atoms with Crippen molar-refractivity contribution in [2.24, 2.45) is 0 Å². The smallest absolute Gasteiger partial charge is 0.272 e. The molecular formula is C34H45Cl3N4O5. The van der Waals surface area contributed by atoms with E-state index in [1.807, 2.05) is 24.3 Å². The van der Waals surface area contributed by atoms with Gasteiger partial charge >= 0.3 is 0 Å². The highest BCUT2D eigenvalue weighted by atomic mass is 35.6. The number of benzene rings is 2. The third-order valence-corrected chi connectivity index (χ3v) is 9.33. The molecule has 2 saturated heterocycles. The molecule has 0 aromatic heterocycles. The lowest BCUT2D eigenvalue weighted by Gasteiger charge is -2.32. The zero-order chi connectivity index (χ0) is 32.4. The summed E-state index contributed by atoms with van der Waals surface area (Å²) in [6.45, 7) is 10.5. The van der Waals surface area contributed by atoms with Crippen LogP contribution in [-0.2, 0) is 20.7 Å². The first-order valence-corrected chi connectivity index (χ1v) is 17.2. The molecule has 5 rings (SSSR count). The molecule has 2 aromatic rings. The predicted molar refractivity (Wildman–Crippen MR) is 184 cm³/mol. The standard InChI is InChI=1S/C34H45Cl3N4O5/c1-43-30-8-7-29(23-31(30)46-22-17-40-15-20-45-21-16-40)41(12-11-39-13-18-44-19-14-39)26-28-9-10-33(25-28,38-32(42)34(35,36)37)24-27-5-3-2-4-6-27/h2-8,23,25H,9-22,24,26H2,1H3,(H,38,42). The molecule has 252 valence electrons. The monoisotopic (exact) mass is 694 g/mol. The molecule has 1 unspecified atom stereocenters. The maximum absolute atomic E-state index is 12.9. The largest absolute Gasteiger partial charge is 0.493 e. The molecule has 9 nitrogen and oxygen atoms in total. The number of halogens is 3. The average molecular weight is 696 g/mol. The van der Waals surface area contributed by atoms with Crippen LogP contribution in [0.4, 0.5) is 5.69 Å². The van der Waals surface area contributed by atoms with Crippen LogP contribution in [0, 0.1) is 0 Å². The first-order valence-electron chi connectivity index (χ1n) is 16.0. The van der Waals surface area contributed by atoms with Crippen molar-refractivity contribution in [3.8, 4) is 11.5 Å². The third kappa shape index (κ3) is 10.1. The number of hydrogen-bond donors (Lipinski definition) is 1. The van der Waals surface area contributed by atoms with Gasteiger partial charge in [0.15, 0.2) is 11.5 Å². The number of carbonyl (C=O) groups is 1. The normalized spacial score (nSPS) is 21.1. The third-order valence-electron chi connectivity index (χ3n) is 8.82. The Labute approximate surface area is 287 Å². The number of hydrogen-bond acceptors (Lipinski definition) is 8. The van der Waals surface area contributed by atoms with Crippen molar-refractivity contribution in [2.75, 3.05) is 97.4 Å². The minimum atomic E-state index is -2.05. The molecule has 1 aliphatic carbocycles. The van der Waals surface area contributed by atoms with Crippen molar-refractivity contribution < 1.29 is 23.7 Å². The fraction of sp³-hybridized carbons (Fsp3) is 0.559. The lowest BCUT2D eigenvalue weighted by atomic mass is 9.90. The molecule has 2 aliphatic heterocycles. The SMILES string of the molecule is COc1ccc(N(CCN2CCOCC2)CC2=CC(Cc3ccccc3)(NC(=O)C(Cl)(Cl)Cl)CC2)cc1OCCN1CCOCC1. The molecule has 0 spiro atoms. The van der Waals surface area contributed by atoms with Crippen molar-refractivity contribution in [2.45, 2.75) is 28.6 Å². The zero-order valence-corrected chi connectivity index (χ0v) is 28.8. The van der Waals surface area contributed by atoms with E-state index in [4.69, 9.17) is 53.8 Å². The van der Waals surface area contributed by atoms with E-state index < -0.39 is 15.2 Å². The summed E-state index contributed by atoms with van der Waals surface area (Å²) in [5.41, 5.74) is 2.69. The lowest BCUT2D eigenvalue weighted by molar-refractivity contribution is -0.121. The first-order chi connectivity index (χ1) is 22.2. The van der Waals surface area contributed by atoms with Crippen LogP contribution in [0.5, 0.6) is 11.5 Å². The lowest BCUT2D eigenvalue weighted by Crippen LogP contribution is -2.51. The van der Waals surface area contributed by atoms with E-state index in [0.717, 1.165) is 95.7 Å².